The number of hydrogen-bond donors (Lipinski definition) is 1. The molecule has 1 atom stereocenters. The van der Waals surface area contributed by atoms with Gasteiger partial charge >= 0.3 is 18.2 Å². The van der Waals surface area contributed by atoms with Crippen LogP contribution in [0.2, 0.25) is 0 Å². The number of nitrogens with one attached hydrogen (secondary N) is 1. The van der Waals surface area contributed by atoms with Crippen LogP contribution >= 0.6 is 0 Å². The van der Waals surface area contributed by atoms with Crippen molar-refractivity contribution in [3.63, 3.8) is 0 Å². The fraction of sp³-hybridized carbons (Fsp3) is 0.778. The molecular weight excluding hydrogens is 370 g/mol. The summed E-state index contributed by atoms with van der Waals surface area (Å²) in [5, 5.41) is 2.39. The number of hydrogen-bond acceptors (Lipinski definition) is 7. The molecule has 0 aromatic carbocycles. The smallest absolute Gasteiger partial charge is 0.411 e. The molecule has 1 heterocycles. The number of alkyl carbamates (subject to hydrolysis) is 1. The zero-order valence-corrected chi connectivity index (χ0v) is 17.7. The van der Waals surface area contributed by atoms with Crippen molar-refractivity contribution < 1.29 is 33.4 Å². The van der Waals surface area contributed by atoms with Crippen LogP contribution in [0.3, 0.4) is 0 Å². The number of esters is 1. The normalized spacial score (nSPS) is 17.6. The molecule has 0 aromatic heterocycles. The van der Waals surface area contributed by atoms with Crippen molar-refractivity contribution in [2.75, 3.05) is 33.3 Å². The van der Waals surface area contributed by atoms with Gasteiger partial charge in [0.25, 0.3) is 0 Å². The Hall–Kier alpha value is -2.52. The fourth-order valence-corrected chi connectivity index (χ4v) is 2.46. The van der Waals surface area contributed by atoms with E-state index in [4.69, 9.17) is 14.2 Å². The van der Waals surface area contributed by atoms with Crippen LogP contribution in [0.15, 0.2) is 0 Å². The van der Waals surface area contributed by atoms with E-state index in [0.717, 1.165) is 0 Å². The first kappa shape index (κ1) is 23.5. The van der Waals surface area contributed by atoms with Crippen LogP contribution < -0.4 is 5.32 Å². The molecule has 0 saturated carbocycles. The molecule has 10 nitrogen and oxygen atoms in total. The van der Waals surface area contributed by atoms with Crippen molar-refractivity contribution in [2.45, 2.75) is 58.8 Å². The second kappa shape index (κ2) is 9.11. The van der Waals surface area contributed by atoms with Crippen LogP contribution in [0.5, 0.6) is 0 Å². The van der Waals surface area contributed by atoms with E-state index in [1.165, 1.54) is 16.9 Å². The van der Waals surface area contributed by atoms with Gasteiger partial charge < -0.3 is 24.4 Å². The molecule has 1 rings (SSSR count). The third-order valence-corrected chi connectivity index (χ3v) is 3.62. The molecule has 1 aliphatic rings. The molecule has 28 heavy (non-hydrogen) atoms. The van der Waals surface area contributed by atoms with Crippen LogP contribution in [-0.4, -0.2) is 84.4 Å². The highest BCUT2D eigenvalue weighted by Crippen LogP contribution is 2.17. The summed E-state index contributed by atoms with van der Waals surface area (Å²) in [6, 6.07) is -0.987. The number of amides is 3. The van der Waals surface area contributed by atoms with Crippen LogP contribution in [0.4, 0.5) is 9.59 Å². The average molecular weight is 401 g/mol. The van der Waals surface area contributed by atoms with Gasteiger partial charge in [0.2, 0.25) is 5.91 Å². The van der Waals surface area contributed by atoms with E-state index in [9.17, 15) is 19.2 Å². The summed E-state index contributed by atoms with van der Waals surface area (Å²) >= 11 is 0. The van der Waals surface area contributed by atoms with Gasteiger partial charge in [-0.3, -0.25) is 9.69 Å². The summed E-state index contributed by atoms with van der Waals surface area (Å²) in [5.41, 5.74) is -1.40. The molecule has 1 aliphatic heterocycles. The number of methoxy groups -OCH3 is 1. The maximum atomic E-state index is 12.4. The number of carbonyl (C=O) groups excluding carboxylic acids is 4. The molecule has 1 saturated heterocycles. The predicted molar refractivity (Wildman–Crippen MR) is 99.6 cm³/mol. The Kier molecular flexibility index (Phi) is 7.66. The molecule has 1 fully saturated rings. The molecule has 0 aromatic rings. The standard InChI is InChI=1S/C18H31N3O7/c1-17(2,3)27-15(24)19-10-13(22)20-8-9-21(12(11-20)14(23)26-7)16(25)28-18(4,5)6/h12H,8-11H2,1-7H3,(H,19,24). The maximum Gasteiger partial charge on any atom is 0.411 e. The van der Waals surface area contributed by atoms with Gasteiger partial charge in [-0.1, -0.05) is 0 Å². The lowest BCUT2D eigenvalue weighted by Crippen LogP contribution is -2.61. The van der Waals surface area contributed by atoms with Crippen molar-refractivity contribution in [2.24, 2.45) is 0 Å². The lowest BCUT2D eigenvalue weighted by Gasteiger charge is -2.40. The minimum Gasteiger partial charge on any atom is -0.467 e. The van der Waals surface area contributed by atoms with Crippen molar-refractivity contribution in [3.8, 4) is 0 Å². The van der Waals surface area contributed by atoms with Gasteiger partial charge in [0.05, 0.1) is 13.7 Å². The number of carbonyl (C=O) groups is 4. The third-order valence-electron chi connectivity index (χ3n) is 3.62. The largest absolute Gasteiger partial charge is 0.467 e. The topological polar surface area (TPSA) is 114 Å². The monoisotopic (exact) mass is 401 g/mol. The molecular formula is C18H31N3O7. The van der Waals surface area contributed by atoms with E-state index >= 15 is 0 Å². The maximum absolute atomic E-state index is 12.4. The van der Waals surface area contributed by atoms with Crippen LogP contribution in [0.1, 0.15) is 41.5 Å². The fourth-order valence-electron chi connectivity index (χ4n) is 2.46. The molecule has 1 N–H and O–H groups in total. The first-order chi connectivity index (χ1) is 12.7. The zero-order valence-electron chi connectivity index (χ0n) is 17.7. The summed E-state index contributed by atoms with van der Waals surface area (Å²) in [4.78, 5) is 51.3. The first-order valence-electron chi connectivity index (χ1n) is 9.05. The molecule has 160 valence electrons. The molecule has 10 heteroatoms. The van der Waals surface area contributed by atoms with Crippen LogP contribution in [0.25, 0.3) is 0 Å². The van der Waals surface area contributed by atoms with E-state index in [-0.39, 0.29) is 26.2 Å². The summed E-state index contributed by atoms with van der Waals surface area (Å²) in [6.07, 6.45) is -1.36. The Bertz CT molecular complexity index is 607. The Labute approximate surface area is 165 Å². The molecule has 0 aliphatic carbocycles. The van der Waals surface area contributed by atoms with Gasteiger partial charge in [0.1, 0.15) is 17.7 Å². The minimum absolute atomic E-state index is 0.0548. The highest BCUT2D eigenvalue weighted by atomic mass is 16.6. The van der Waals surface area contributed by atoms with Crippen molar-refractivity contribution >= 4 is 24.1 Å². The Morgan fingerprint density at radius 3 is 2.04 bits per heavy atom. The SMILES string of the molecule is COC(=O)C1CN(C(=O)CNC(=O)OC(C)(C)C)CCN1C(=O)OC(C)(C)C. The molecule has 3 amide bonds. The number of piperazine rings is 1. The van der Waals surface area contributed by atoms with E-state index in [2.05, 4.69) is 5.32 Å². The van der Waals surface area contributed by atoms with E-state index in [1.54, 1.807) is 41.5 Å². The highest BCUT2D eigenvalue weighted by Gasteiger charge is 2.39. The summed E-state index contributed by atoms with van der Waals surface area (Å²) in [6.45, 7) is 10.3. The van der Waals surface area contributed by atoms with Crippen molar-refractivity contribution in [3.05, 3.63) is 0 Å². The van der Waals surface area contributed by atoms with Gasteiger partial charge in [-0.25, -0.2) is 14.4 Å². The van der Waals surface area contributed by atoms with Crippen molar-refractivity contribution in [1.29, 1.82) is 0 Å². The van der Waals surface area contributed by atoms with E-state index < -0.39 is 41.3 Å². The average Bonchev–Trinajstić information content (AvgIpc) is 2.55. The predicted octanol–water partition coefficient (Wildman–Crippen LogP) is 1.13. The lowest BCUT2D eigenvalue weighted by molar-refractivity contribution is -0.151. The second-order valence-corrected chi connectivity index (χ2v) is 8.41. The van der Waals surface area contributed by atoms with Gasteiger partial charge in [-0.05, 0) is 41.5 Å². The summed E-state index contributed by atoms with van der Waals surface area (Å²) < 4.78 is 15.2. The van der Waals surface area contributed by atoms with Gasteiger partial charge in [0, 0.05) is 13.1 Å². The Morgan fingerprint density at radius 1 is 0.964 bits per heavy atom. The van der Waals surface area contributed by atoms with Crippen LogP contribution in [-0.2, 0) is 23.8 Å². The zero-order chi connectivity index (χ0) is 21.7. The summed E-state index contributed by atoms with van der Waals surface area (Å²) in [5.74, 6) is -1.05. The first-order valence-corrected chi connectivity index (χ1v) is 9.05. The third kappa shape index (κ3) is 7.61. The summed E-state index contributed by atoms with van der Waals surface area (Å²) in [7, 11) is 1.21. The van der Waals surface area contributed by atoms with E-state index in [1.807, 2.05) is 0 Å². The molecule has 0 bridgehead atoms. The number of nitrogens with zero attached hydrogens (tertiary/aromatic N) is 2. The highest BCUT2D eigenvalue weighted by molar-refractivity contribution is 5.86. The second-order valence-electron chi connectivity index (χ2n) is 8.41. The van der Waals surface area contributed by atoms with Crippen molar-refractivity contribution in [1.82, 2.24) is 15.1 Å². The minimum atomic E-state index is -0.987. The van der Waals surface area contributed by atoms with Gasteiger partial charge in [-0.15, -0.1) is 0 Å². The van der Waals surface area contributed by atoms with Gasteiger partial charge in [0.15, 0.2) is 6.04 Å². The van der Waals surface area contributed by atoms with E-state index in [0.29, 0.717) is 0 Å². The molecule has 0 spiro atoms. The Morgan fingerprint density at radius 2 is 1.54 bits per heavy atom. The Balaban J connectivity index is 2.73. The molecule has 1 unspecified atom stereocenters. The molecule has 0 radical (unpaired) electrons. The van der Waals surface area contributed by atoms with Gasteiger partial charge in [-0.2, -0.15) is 0 Å². The number of rotatable bonds is 3. The quantitative estimate of drug-likeness (QED) is 0.557. The van der Waals surface area contributed by atoms with Crippen LogP contribution in [0, 0.1) is 0 Å². The number of ether oxygens (including phenoxy) is 3. The lowest BCUT2D eigenvalue weighted by atomic mass is 10.1.